The van der Waals surface area contributed by atoms with Gasteiger partial charge in [-0.2, -0.15) is 0 Å². The first kappa shape index (κ1) is 39.5. The van der Waals surface area contributed by atoms with Crippen LogP contribution in [0.5, 0.6) is 0 Å². The summed E-state index contributed by atoms with van der Waals surface area (Å²) >= 11 is 0. The van der Waals surface area contributed by atoms with E-state index < -0.39 is 26.2 Å². The van der Waals surface area contributed by atoms with Crippen LogP contribution in [0.15, 0.2) is 54.3 Å². The molecule has 1 aromatic carbocycles. The van der Waals surface area contributed by atoms with Crippen molar-refractivity contribution >= 4 is 53.9 Å². The van der Waals surface area contributed by atoms with E-state index in [-0.39, 0.29) is 66.5 Å². The van der Waals surface area contributed by atoms with Crippen molar-refractivity contribution in [2.24, 2.45) is 10.9 Å². The van der Waals surface area contributed by atoms with Gasteiger partial charge in [0.1, 0.15) is 24.6 Å². The van der Waals surface area contributed by atoms with Crippen molar-refractivity contribution < 1.29 is 32.9 Å². The van der Waals surface area contributed by atoms with E-state index in [4.69, 9.17) is 14.0 Å². The molecule has 2 saturated heterocycles. The Labute approximate surface area is 324 Å². The Bertz CT molecular complexity index is 2170. The van der Waals surface area contributed by atoms with Gasteiger partial charge in [0, 0.05) is 31.1 Å². The number of Topliss-reactive ketones (excluding diaryl/α,β-unsaturated/α-hetero) is 1. The van der Waals surface area contributed by atoms with Crippen LogP contribution in [0.25, 0.3) is 11.2 Å². The number of amidine groups is 1. The summed E-state index contributed by atoms with van der Waals surface area (Å²) < 4.78 is 41.2. The lowest BCUT2D eigenvalue weighted by atomic mass is 10.1. The van der Waals surface area contributed by atoms with E-state index in [0.29, 0.717) is 48.6 Å². The Morgan fingerprint density at radius 3 is 2.43 bits per heavy atom. The molecule has 19 nitrogen and oxygen atoms in total. The third-order valence-corrected chi connectivity index (χ3v) is 12.4. The zero-order chi connectivity index (χ0) is 39.7. The number of nitrogens with zero attached hydrogens (tertiary/aromatic N) is 10. The first-order valence-electron chi connectivity index (χ1n) is 18.5. The molecular formula is C36H47N12O7P. The van der Waals surface area contributed by atoms with Gasteiger partial charge in [-0.15, -0.1) is 0 Å². The van der Waals surface area contributed by atoms with Crippen LogP contribution in [-0.2, 0) is 23.4 Å². The Kier molecular flexibility index (Phi) is 11.6. The highest BCUT2D eigenvalue weighted by molar-refractivity contribution is 7.53. The molecule has 0 unspecified atom stereocenters. The van der Waals surface area contributed by atoms with E-state index in [1.807, 2.05) is 24.7 Å². The quantitative estimate of drug-likeness (QED) is 0.209. The number of morpholine rings is 2. The van der Waals surface area contributed by atoms with Gasteiger partial charge in [-0.1, -0.05) is 39.0 Å². The van der Waals surface area contributed by atoms with E-state index in [1.165, 1.54) is 12.7 Å². The predicted octanol–water partition coefficient (Wildman–Crippen LogP) is 3.49. The molecule has 5 atom stereocenters. The Morgan fingerprint density at radius 1 is 0.964 bits per heavy atom. The third kappa shape index (κ3) is 8.06. The topological polar surface area (TPSA) is 204 Å². The summed E-state index contributed by atoms with van der Waals surface area (Å²) in [5.74, 6) is -0.252. The van der Waals surface area contributed by atoms with Crippen LogP contribution in [-0.4, -0.2) is 133 Å². The maximum Gasteiger partial charge on any atom is 0.345 e. The van der Waals surface area contributed by atoms with Crippen LogP contribution in [0.4, 0.5) is 11.6 Å². The summed E-state index contributed by atoms with van der Waals surface area (Å²) in [6, 6.07) is 8.81. The summed E-state index contributed by atoms with van der Waals surface area (Å²) in [6.45, 7) is 7.01. The summed E-state index contributed by atoms with van der Waals surface area (Å²) in [7, 11) is 1.71. The summed E-state index contributed by atoms with van der Waals surface area (Å²) in [5, 5.41) is 5.58. The lowest BCUT2D eigenvalue weighted by molar-refractivity contribution is -0.129. The van der Waals surface area contributed by atoms with Gasteiger partial charge in [0.25, 0.3) is 5.91 Å². The normalized spacial score (nSPS) is 23.2. The maximum absolute atomic E-state index is 15.0. The minimum absolute atomic E-state index is 0.00437. The van der Waals surface area contributed by atoms with Gasteiger partial charge >= 0.3 is 7.67 Å². The fourth-order valence-electron chi connectivity index (χ4n) is 6.81. The number of ether oxygens (including phenoxy) is 2. The lowest BCUT2D eigenvalue weighted by Gasteiger charge is -2.43. The monoisotopic (exact) mass is 790 g/mol. The van der Waals surface area contributed by atoms with Crippen molar-refractivity contribution in [3.8, 4) is 0 Å². The number of aliphatic imine (C=N–C) groups is 1. The van der Waals surface area contributed by atoms with E-state index in [1.54, 1.807) is 72.3 Å². The molecule has 7 rings (SSSR count). The molecule has 2 fully saturated rings. The molecule has 3 aromatic heterocycles. The van der Waals surface area contributed by atoms with Gasteiger partial charge in [-0.25, -0.2) is 34.3 Å². The zero-order valence-electron chi connectivity index (χ0n) is 32.2. The van der Waals surface area contributed by atoms with Crippen LogP contribution < -0.4 is 10.6 Å². The molecule has 3 aliphatic rings. The zero-order valence-corrected chi connectivity index (χ0v) is 33.1. The molecule has 298 valence electrons. The molecule has 0 radical (unpaired) electrons. The summed E-state index contributed by atoms with van der Waals surface area (Å²) in [5.41, 5.74) is 1.52. The molecule has 4 aromatic rings. The smallest absolute Gasteiger partial charge is 0.345 e. The number of carbonyl (C=O) groups is 3. The van der Waals surface area contributed by atoms with Crippen LogP contribution in [0.1, 0.15) is 66.9 Å². The number of aromatic nitrogens is 6. The van der Waals surface area contributed by atoms with Gasteiger partial charge in [-0.05, 0) is 39.7 Å². The van der Waals surface area contributed by atoms with Crippen molar-refractivity contribution in [3.05, 3.63) is 60.6 Å². The molecule has 2 amide bonds. The lowest BCUT2D eigenvalue weighted by Crippen LogP contribution is -2.47. The number of benzene rings is 1. The maximum atomic E-state index is 15.0. The molecule has 0 aliphatic carbocycles. The first-order chi connectivity index (χ1) is 26.8. The van der Waals surface area contributed by atoms with Crippen molar-refractivity contribution in [2.75, 3.05) is 59.2 Å². The fraction of sp³-hybridized carbons (Fsp3) is 0.500. The SMILES string of the molecule is CC[C@@H]1CN([P@@](=O)(OC[C@@H]2CN(C)C[C@H](n3cnc4c3N=C(NC(=O)C(C)C)CC4=O)O2)N(C)C)C[C@H](n2cnc3c(NC(=O)c4ccccc4)ncnc32)O1. The highest BCUT2D eigenvalue weighted by Gasteiger charge is 2.43. The Morgan fingerprint density at radius 2 is 1.70 bits per heavy atom. The number of amides is 2. The van der Waals surface area contributed by atoms with Gasteiger partial charge in [-0.3, -0.25) is 33.0 Å². The molecule has 0 saturated carbocycles. The number of imidazole rings is 2. The molecule has 6 heterocycles. The highest BCUT2D eigenvalue weighted by Crippen LogP contribution is 2.55. The fourth-order valence-corrected chi connectivity index (χ4v) is 8.81. The molecule has 20 heteroatoms. The minimum Gasteiger partial charge on any atom is -0.352 e. The average Bonchev–Trinajstić information content (AvgIpc) is 3.83. The number of rotatable bonds is 11. The molecule has 0 bridgehead atoms. The second-order valence-electron chi connectivity index (χ2n) is 14.6. The number of fused-ring (bicyclic) bond motifs is 2. The Balaban J connectivity index is 1.08. The van der Waals surface area contributed by atoms with E-state index in [0.717, 1.165) is 0 Å². The number of hydrogen-bond acceptors (Lipinski definition) is 13. The van der Waals surface area contributed by atoms with Gasteiger partial charge in [0.05, 0.1) is 44.4 Å². The van der Waals surface area contributed by atoms with Crippen LogP contribution in [0, 0.1) is 5.92 Å². The molecule has 0 spiro atoms. The Hall–Kier alpha value is -4.75. The van der Waals surface area contributed by atoms with Crippen LogP contribution >= 0.6 is 7.67 Å². The first-order valence-corrected chi connectivity index (χ1v) is 20.1. The number of ketones is 1. The molecule has 2 N–H and O–H groups in total. The third-order valence-electron chi connectivity index (χ3n) is 9.85. The molecular weight excluding hydrogens is 743 g/mol. The number of nitrogens with one attached hydrogen (secondary N) is 2. The van der Waals surface area contributed by atoms with Crippen molar-refractivity contribution in [2.45, 2.75) is 58.3 Å². The van der Waals surface area contributed by atoms with Crippen molar-refractivity contribution in [1.29, 1.82) is 0 Å². The summed E-state index contributed by atoms with van der Waals surface area (Å²) in [6.07, 6.45) is 3.01. The number of anilines is 1. The summed E-state index contributed by atoms with van der Waals surface area (Å²) in [4.78, 5) is 62.6. The predicted molar refractivity (Wildman–Crippen MR) is 205 cm³/mol. The van der Waals surface area contributed by atoms with Crippen molar-refractivity contribution in [3.63, 3.8) is 0 Å². The van der Waals surface area contributed by atoms with Gasteiger partial charge in [0.15, 0.2) is 34.3 Å². The molecule has 56 heavy (non-hydrogen) atoms. The largest absolute Gasteiger partial charge is 0.352 e. The number of likely N-dealkylation sites (N-methyl/N-ethyl adjacent to an activating group) is 1. The van der Waals surface area contributed by atoms with Gasteiger partial charge < -0.3 is 24.6 Å². The number of hydrogen-bond donors (Lipinski definition) is 2. The molecule has 3 aliphatic heterocycles. The standard InChI is InChI=1S/C36H47N12O7P/c1-7-24-15-46(17-29(54-24)47-21-40-31-32(37-19-38-33(31)47)43-36(51)23-11-9-8-10-12-23)56(52,44(4)5)53-18-25-14-45(6)16-28(55-25)48-20-39-30-26(49)13-27(41-34(30)48)42-35(50)22(2)3/h8-12,19-22,24-25,28-29H,7,13-18H2,1-6H3,(H,41,42,50)(H,37,38,43,51)/t24-,25+,28-,29-,56+/m1/s1. The second kappa shape index (κ2) is 16.4. The van der Waals surface area contributed by atoms with E-state index in [2.05, 4.69) is 40.5 Å². The average molecular weight is 791 g/mol. The van der Waals surface area contributed by atoms with Crippen LogP contribution in [0.2, 0.25) is 0 Å². The highest BCUT2D eigenvalue weighted by atomic mass is 31.2. The van der Waals surface area contributed by atoms with Crippen molar-refractivity contribution in [1.82, 2.24) is 48.6 Å². The van der Waals surface area contributed by atoms with Gasteiger partial charge in [0.2, 0.25) is 5.91 Å². The van der Waals surface area contributed by atoms with E-state index in [9.17, 15) is 18.9 Å². The minimum atomic E-state index is -3.66. The number of carbonyl (C=O) groups excluding carboxylic acids is 3. The van der Waals surface area contributed by atoms with Crippen LogP contribution in [0.3, 0.4) is 0 Å². The van der Waals surface area contributed by atoms with E-state index >= 15 is 0 Å². The second-order valence-corrected chi connectivity index (χ2v) is 17.2.